The number of nitrogens with zero attached hydrogens (tertiary/aromatic N) is 7. The average molecular weight is 1090 g/mol. The Morgan fingerprint density at radius 2 is 0.906 bits per heavy atom. The molecule has 0 saturated heterocycles. The van der Waals surface area contributed by atoms with Gasteiger partial charge in [0, 0.05) is 43.7 Å². The highest BCUT2D eigenvalue weighted by Gasteiger charge is 2.24. The zero-order valence-corrected chi connectivity index (χ0v) is 45.6. The Hall–Kier alpha value is -12.1. The summed E-state index contributed by atoms with van der Waals surface area (Å²) in [5.41, 5.74) is 21.6. The molecule has 0 atom stereocenters. The Labute approximate surface area is 489 Å². The molecule has 0 bridgehead atoms. The van der Waals surface area contributed by atoms with Gasteiger partial charge < -0.3 is 13.7 Å². The van der Waals surface area contributed by atoms with Gasteiger partial charge in [0.25, 0.3) is 0 Å². The van der Waals surface area contributed by atoms with Gasteiger partial charge in [0.2, 0.25) is 5.69 Å². The molecule has 0 amide bonds. The van der Waals surface area contributed by atoms with Crippen LogP contribution in [0.4, 0.5) is 15.8 Å². The minimum absolute atomic E-state index is 0.0519. The Bertz CT molecular complexity index is 5350. The molecule has 16 rings (SSSR count). The number of rotatable bonds is 5. The zero-order chi connectivity index (χ0) is 57.5. The number of hydrogen-bond acceptors (Lipinski definition) is 2. The van der Waals surface area contributed by atoms with Crippen molar-refractivity contribution in [1.82, 2.24) is 13.7 Å². The van der Waals surface area contributed by atoms with E-state index in [4.69, 9.17) is 18.4 Å². The summed E-state index contributed by atoms with van der Waals surface area (Å²) in [7, 11) is 0. The number of aromatic nitrogens is 3. The molecule has 0 saturated carbocycles. The van der Waals surface area contributed by atoms with Gasteiger partial charge in [-0.25, -0.2) is 14.1 Å². The second-order valence-electron chi connectivity index (χ2n) is 20.9. The summed E-state index contributed by atoms with van der Waals surface area (Å²) in [6.07, 6.45) is 1.02. The van der Waals surface area contributed by atoms with E-state index in [1.807, 2.05) is 18.2 Å². The lowest BCUT2D eigenvalue weighted by Crippen LogP contribution is -1.97. The maximum Gasteiger partial charge on any atom is 0.222 e. The van der Waals surface area contributed by atoms with E-state index in [-0.39, 0.29) is 11.3 Å². The van der Waals surface area contributed by atoms with Gasteiger partial charge in [-0.2, -0.15) is 10.5 Å². The van der Waals surface area contributed by atoms with Crippen molar-refractivity contribution < 1.29 is 4.39 Å². The largest absolute Gasteiger partial charge is 0.309 e. The summed E-state index contributed by atoms with van der Waals surface area (Å²) in [6, 6.07) is 95.5. The molecule has 1 aliphatic rings. The monoisotopic (exact) mass is 1090 g/mol. The van der Waals surface area contributed by atoms with Crippen molar-refractivity contribution in [2.24, 2.45) is 0 Å². The van der Waals surface area contributed by atoms with Crippen LogP contribution in [0.15, 0.2) is 267 Å². The van der Waals surface area contributed by atoms with Crippen molar-refractivity contribution in [3.8, 4) is 62.6 Å². The molecule has 0 fully saturated rings. The van der Waals surface area contributed by atoms with E-state index in [1.165, 1.54) is 89.3 Å². The predicted molar refractivity (Wildman–Crippen MR) is 343 cm³/mol. The predicted octanol–water partition coefficient (Wildman–Crippen LogP) is 20.2. The first-order chi connectivity index (χ1) is 41.9. The van der Waals surface area contributed by atoms with Gasteiger partial charge >= 0.3 is 0 Å². The lowest BCUT2D eigenvalue weighted by atomic mass is 9.93. The van der Waals surface area contributed by atoms with Crippen LogP contribution < -0.4 is 0 Å². The molecule has 85 heavy (non-hydrogen) atoms. The zero-order valence-electron chi connectivity index (χ0n) is 45.6. The molecule has 0 radical (unpaired) electrons. The van der Waals surface area contributed by atoms with Gasteiger partial charge in [0.15, 0.2) is 5.69 Å². The van der Waals surface area contributed by atoms with Gasteiger partial charge in [0.1, 0.15) is 11.9 Å². The number of halogens is 1. The highest BCUT2D eigenvalue weighted by atomic mass is 19.1. The third kappa shape index (κ3) is 8.80. The van der Waals surface area contributed by atoms with Crippen LogP contribution >= 0.6 is 0 Å². The number of hydrogen-bond donors (Lipinski definition) is 0. The molecule has 396 valence electrons. The Balaban J connectivity index is 0.000000131. The highest BCUT2D eigenvalue weighted by Crippen LogP contribution is 2.45. The van der Waals surface area contributed by atoms with Gasteiger partial charge in [-0.05, 0) is 136 Å². The second-order valence-corrected chi connectivity index (χ2v) is 20.9. The number of para-hydroxylation sites is 5. The van der Waals surface area contributed by atoms with Gasteiger partial charge in [-0.3, -0.25) is 0 Å². The third-order valence-electron chi connectivity index (χ3n) is 16.2. The van der Waals surface area contributed by atoms with E-state index in [0.717, 1.165) is 62.3 Å². The molecule has 8 heteroatoms. The topological polar surface area (TPSA) is 71.1 Å². The second kappa shape index (κ2) is 21.4. The highest BCUT2D eigenvalue weighted by molar-refractivity contribution is 6.18. The third-order valence-corrected chi connectivity index (χ3v) is 16.2. The molecule has 7 nitrogen and oxygen atoms in total. The standard InChI is InChI=1S/C38H22N4.C31H21N.C8H3FN2/c1-40-27-20-18-26(24-39)37(23-27)42-34-16-8-6-13-31(34)38-29(14-9-17-36(38)42)25-19-21-35-32(22-25)30-12-5-7-15-33(30)41(35)28-10-3-2-4-11-28;1-2-11-24(12-3-1)32-29-16-7-6-14-27(29)28-20-22(17-18-30(28)32)26-15-8-10-23-19-21-9-4-5-13-25(21)31(23)26;1-11-8-3-2-6(5-10)4-7(8)9/h2-23H;1-18,20H,19H2;2-4H. The minimum Gasteiger partial charge on any atom is -0.309 e. The molecule has 3 heterocycles. The Kier molecular flexibility index (Phi) is 12.9. The van der Waals surface area contributed by atoms with Crippen molar-refractivity contribution in [3.63, 3.8) is 0 Å². The van der Waals surface area contributed by atoms with Crippen LogP contribution in [0.25, 0.3) is 126 Å². The summed E-state index contributed by atoms with van der Waals surface area (Å²) in [4.78, 5) is 6.56. The normalized spacial score (nSPS) is 11.3. The molecule has 1 aliphatic carbocycles. The van der Waals surface area contributed by atoms with Gasteiger partial charge in [-0.15, -0.1) is 0 Å². The van der Waals surface area contributed by atoms with Gasteiger partial charge in [-0.1, -0.05) is 182 Å². The van der Waals surface area contributed by atoms with Crippen molar-refractivity contribution in [2.75, 3.05) is 0 Å². The molecule has 0 N–H and O–H groups in total. The van der Waals surface area contributed by atoms with Crippen molar-refractivity contribution in [2.45, 2.75) is 6.42 Å². The Morgan fingerprint density at radius 3 is 1.52 bits per heavy atom. The van der Waals surface area contributed by atoms with Crippen LogP contribution in [0.3, 0.4) is 0 Å². The first kappa shape index (κ1) is 51.1. The van der Waals surface area contributed by atoms with Crippen molar-refractivity contribution in [1.29, 1.82) is 10.5 Å². The van der Waals surface area contributed by atoms with E-state index in [9.17, 15) is 9.65 Å². The van der Waals surface area contributed by atoms with Crippen molar-refractivity contribution >= 4 is 76.8 Å². The molecular weight excluding hydrogens is 1040 g/mol. The van der Waals surface area contributed by atoms with E-state index < -0.39 is 5.82 Å². The summed E-state index contributed by atoms with van der Waals surface area (Å²) in [5, 5.41) is 25.5. The smallest absolute Gasteiger partial charge is 0.222 e. The molecular formula is C77H46FN7. The van der Waals surface area contributed by atoms with Crippen LogP contribution in [0.1, 0.15) is 22.3 Å². The number of fused-ring (bicyclic) bond motifs is 12. The maximum atomic E-state index is 12.7. The Morgan fingerprint density at radius 1 is 0.388 bits per heavy atom. The maximum absolute atomic E-state index is 12.7. The quantitative estimate of drug-likeness (QED) is 0.161. The minimum atomic E-state index is -0.640. The first-order valence-electron chi connectivity index (χ1n) is 27.8. The summed E-state index contributed by atoms with van der Waals surface area (Å²) < 4.78 is 19.5. The fraction of sp³-hybridized carbons (Fsp3) is 0.0130. The molecule has 0 unspecified atom stereocenters. The lowest BCUT2D eigenvalue weighted by molar-refractivity contribution is 0.633. The number of nitriles is 2. The molecule has 15 aromatic rings. The molecule has 0 aliphatic heterocycles. The molecule has 12 aromatic carbocycles. The van der Waals surface area contributed by atoms with Crippen LogP contribution in [0, 0.1) is 41.6 Å². The summed E-state index contributed by atoms with van der Waals surface area (Å²) in [5.74, 6) is -0.640. The van der Waals surface area contributed by atoms with Crippen molar-refractivity contribution in [3.05, 3.63) is 318 Å². The van der Waals surface area contributed by atoms with Crippen LogP contribution in [-0.4, -0.2) is 13.7 Å². The fourth-order valence-corrected chi connectivity index (χ4v) is 12.5. The van der Waals surface area contributed by atoms with Gasteiger partial charge in [0.05, 0.1) is 69.1 Å². The van der Waals surface area contributed by atoms with Crippen LogP contribution in [0.5, 0.6) is 0 Å². The van der Waals surface area contributed by atoms with E-state index in [1.54, 1.807) is 18.2 Å². The lowest BCUT2D eigenvalue weighted by Gasteiger charge is -2.11. The number of benzene rings is 12. The van der Waals surface area contributed by atoms with Crippen LogP contribution in [-0.2, 0) is 6.42 Å². The fourth-order valence-electron chi connectivity index (χ4n) is 12.5. The SMILES string of the molecule is [C-]#[N+]c1ccc(C#N)c(-n2c3ccccc3c3c(-c4ccc5c(c4)c4ccccc4n5-c4ccccc4)cccc32)c1.[C-]#[N+]c1ccc(C#N)cc1F.c1ccc(-n2c3ccccc3c3cc(-c4cccc5c4-c4ccccc4C5)ccc32)cc1. The summed E-state index contributed by atoms with van der Waals surface area (Å²) in [6.45, 7) is 14.1. The van der Waals surface area contributed by atoms with E-state index in [0.29, 0.717) is 11.3 Å². The van der Waals surface area contributed by atoms with E-state index >= 15 is 0 Å². The van der Waals surface area contributed by atoms with E-state index in [2.05, 4.69) is 248 Å². The average Bonchev–Trinajstić information content (AvgIpc) is 2.06. The molecule has 3 aromatic heterocycles. The van der Waals surface area contributed by atoms with Crippen LogP contribution in [0.2, 0.25) is 0 Å². The summed E-state index contributed by atoms with van der Waals surface area (Å²) >= 11 is 0. The first-order valence-corrected chi connectivity index (χ1v) is 27.8. The molecule has 0 spiro atoms.